The van der Waals surface area contributed by atoms with E-state index in [2.05, 4.69) is 58.5 Å². The summed E-state index contributed by atoms with van der Waals surface area (Å²) in [4.78, 5) is 15.5. The molecule has 1 aliphatic rings. The number of aliphatic imine (C=N–C) groups is 1. The number of hydrogen-bond acceptors (Lipinski definition) is 4. The van der Waals surface area contributed by atoms with Crippen molar-refractivity contribution < 1.29 is 0 Å². The van der Waals surface area contributed by atoms with Gasteiger partial charge < -0.3 is 4.90 Å². The van der Waals surface area contributed by atoms with Crippen molar-refractivity contribution in [1.82, 2.24) is 9.97 Å². The van der Waals surface area contributed by atoms with Gasteiger partial charge in [-0.15, -0.1) is 0 Å². The fraction of sp³-hybridized carbons (Fsp3) is 0.105. The molecule has 1 aliphatic heterocycles. The molecule has 0 saturated heterocycles. The van der Waals surface area contributed by atoms with Crippen LogP contribution in [-0.2, 0) is 5.54 Å². The summed E-state index contributed by atoms with van der Waals surface area (Å²) in [6, 6.07) is 20.8. The molecule has 0 fully saturated rings. The van der Waals surface area contributed by atoms with E-state index in [9.17, 15) is 0 Å². The first-order valence-corrected chi connectivity index (χ1v) is 7.57. The summed E-state index contributed by atoms with van der Waals surface area (Å²) in [5, 5.41) is 0. The van der Waals surface area contributed by atoms with E-state index in [0.29, 0.717) is 6.54 Å². The standard InChI is InChI=1S/C19H16N4/c1-3-7-16(8-4-1)19(17-9-5-2-6-10-17)14-23(15-22-19)18-13-20-11-12-21-18/h1-13,15H,14H2. The van der Waals surface area contributed by atoms with Crippen LogP contribution in [0.2, 0.25) is 0 Å². The number of benzene rings is 2. The summed E-state index contributed by atoms with van der Waals surface area (Å²) in [6.45, 7) is 0.708. The number of aromatic nitrogens is 2. The third kappa shape index (κ3) is 2.38. The van der Waals surface area contributed by atoms with Gasteiger partial charge in [-0.3, -0.25) is 9.98 Å². The van der Waals surface area contributed by atoms with E-state index in [1.807, 2.05) is 23.4 Å². The summed E-state index contributed by atoms with van der Waals surface area (Å²) in [5.41, 5.74) is 1.93. The van der Waals surface area contributed by atoms with Gasteiger partial charge in [0.05, 0.1) is 19.1 Å². The van der Waals surface area contributed by atoms with Crippen molar-refractivity contribution in [2.24, 2.45) is 4.99 Å². The third-order valence-corrected chi connectivity index (χ3v) is 4.16. The van der Waals surface area contributed by atoms with Gasteiger partial charge in [-0.25, -0.2) is 4.98 Å². The molecule has 0 saturated carbocycles. The molecule has 0 aliphatic carbocycles. The van der Waals surface area contributed by atoms with Crippen molar-refractivity contribution in [2.75, 3.05) is 11.4 Å². The molecule has 0 radical (unpaired) electrons. The highest BCUT2D eigenvalue weighted by atomic mass is 15.3. The SMILES string of the molecule is C1=NC(c2ccccc2)(c2ccccc2)CN1c1cnccn1. The van der Waals surface area contributed by atoms with Gasteiger partial charge in [0.2, 0.25) is 0 Å². The number of nitrogens with zero attached hydrogens (tertiary/aromatic N) is 4. The Balaban J connectivity index is 1.79. The van der Waals surface area contributed by atoms with Gasteiger partial charge in [0.25, 0.3) is 0 Å². The van der Waals surface area contributed by atoms with E-state index in [-0.39, 0.29) is 0 Å². The molecule has 3 aromatic rings. The van der Waals surface area contributed by atoms with Crippen LogP contribution in [0.5, 0.6) is 0 Å². The van der Waals surface area contributed by atoms with Crippen LogP contribution in [0.15, 0.2) is 84.2 Å². The van der Waals surface area contributed by atoms with Gasteiger partial charge in [0, 0.05) is 12.4 Å². The number of hydrogen-bond donors (Lipinski definition) is 0. The van der Waals surface area contributed by atoms with Crippen LogP contribution in [0.4, 0.5) is 5.82 Å². The van der Waals surface area contributed by atoms with Crippen molar-refractivity contribution >= 4 is 12.2 Å². The number of rotatable bonds is 3. The Kier molecular flexibility index (Phi) is 3.35. The Hall–Kier alpha value is -3.01. The zero-order valence-electron chi connectivity index (χ0n) is 12.6. The Morgan fingerprint density at radius 2 is 1.48 bits per heavy atom. The summed E-state index contributed by atoms with van der Waals surface area (Å²) in [5.74, 6) is 0.810. The van der Waals surface area contributed by atoms with Gasteiger partial charge in [-0.05, 0) is 11.1 Å². The molecule has 0 spiro atoms. The maximum atomic E-state index is 4.90. The maximum Gasteiger partial charge on any atom is 0.152 e. The van der Waals surface area contributed by atoms with Gasteiger partial charge in [0.1, 0.15) is 5.54 Å². The molecule has 4 nitrogen and oxygen atoms in total. The summed E-state index contributed by atoms with van der Waals surface area (Å²) < 4.78 is 0. The second-order valence-corrected chi connectivity index (χ2v) is 5.53. The van der Waals surface area contributed by atoms with Crippen molar-refractivity contribution in [2.45, 2.75) is 5.54 Å². The van der Waals surface area contributed by atoms with Crippen molar-refractivity contribution in [1.29, 1.82) is 0 Å². The Morgan fingerprint density at radius 1 is 0.826 bits per heavy atom. The minimum atomic E-state index is -0.417. The zero-order chi connectivity index (χ0) is 15.5. The minimum Gasteiger partial charge on any atom is -0.313 e. The molecular formula is C19H16N4. The average Bonchev–Trinajstić information content (AvgIpc) is 3.11. The zero-order valence-corrected chi connectivity index (χ0v) is 12.6. The molecule has 0 atom stereocenters. The maximum absolute atomic E-state index is 4.90. The first-order chi connectivity index (χ1) is 11.4. The molecule has 0 N–H and O–H groups in total. The third-order valence-electron chi connectivity index (χ3n) is 4.16. The fourth-order valence-electron chi connectivity index (χ4n) is 3.00. The molecule has 0 amide bonds. The molecule has 2 heterocycles. The van der Waals surface area contributed by atoms with Crippen LogP contribution in [-0.4, -0.2) is 22.9 Å². The number of anilines is 1. The van der Waals surface area contributed by atoms with E-state index in [4.69, 9.17) is 4.99 Å². The summed E-state index contributed by atoms with van der Waals surface area (Å²) in [6.07, 6.45) is 7.01. The normalized spacial score (nSPS) is 15.7. The fourth-order valence-corrected chi connectivity index (χ4v) is 3.00. The molecule has 1 aromatic heterocycles. The summed E-state index contributed by atoms with van der Waals surface area (Å²) >= 11 is 0. The van der Waals surface area contributed by atoms with Crippen LogP contribution in [0, 0.1) is 0 Å². The predicted octanol–water partition coefficient (Wildman–Crippen LogP) is 3.27. The minimum absolute atomic E-state index is 0.417. The smallest absolute Gasteiger partial charge is 0.152 e. The lowest BCUT2D eigenvalue weighted by atomic mass is 9.83. The van der Waals surface area contributed by atoms with E-state index in [0.717, 1.165) is 5.82 Å². The topological polar surface area (TPSA) is 41.4 Å². The second kappa shape index (κ2) is 5.65. The van der Waals surface area contributed by atoms with E-state index >= 15 is 0 Å². The molecule has 4 rings (SSSR count). The van der Waals surface area contributed by atoms with Crippen LogP contribution < -0.4 is 4.90 Å². The van der Waals surface area contributed by atoms with Gasteiger partial charge >= 0.3 is 0 Å². The van der Waals surface area contributed by atoms with Gasteiger partial charge in [0.15, 0.2) is 5.82 Å². The van der Waals surface area contributed by atoms with E-state index < -0.39 is 5.54 Å². The first-order valence-electron chi connectivity index (χ1n) is 7.57. The highest BCUT2D eigenvalue weighted by molar-refractivity contribution is 5.81. The van der Waals surface area contributed by atoms with Crippen molar-refractivity contribution in [3.63, 3.8) is 0 Å². The van der Waals surface area contributed by atoms with Crippen LogP contribution in [0.3, 0.4) is 0 Å². The highest BCUT2D eigenvalue weighted by Gasteiger charge is 2.39. The Bertz CT molecular complexity index is 761. The highest BCUT2D eigenvalue weighted by Crippen LogP contribution is 2.38. The van der Waals surface area contributed by atoms with Crippen LogP contribution in [0.1, 0.15) is 11.1 Å². The average molecular weight is 300 g/mol. The van der Waals surface area contributed by atoms with Crippen LogP contribution >= 0.6 is 0 Å². The molecule has 0 unspecified atom stereocenters. The first kappa shape index (κ1) is 13.6. The molecule has 2 aromatic carbocycles. The molecular weight excluding hydrogens is 284 g/mol. The Morgan fingerprint density at radius 3 is 2.04 bits per heavy atom. The van der Waals surface area contributed by atoms with Gasteiger partial charge in [-0.1, -0.05) is 60.7 Å². The molecule has 23 heavy (non-hydrogen) atoms. The monoisotopic (exact) mass is 300 g/mol. The lowest BCUT2D eigenvalue weighted by Gasteiger charge is -2.29. The van der Waals surface area contributed by atoms with Gasteiger partial charge in [-0.2, -0.15) is 0 Å². The van der Waals surface area contributed by atoms with Crippen molar-refractivity contribution in [3.05, 3.63) is 90.4 Å². The van der Waals surface area contributed by atoms with E-state index in [1.165, 1.54) is 11.1 Å². The summed E-state index contributed by atoms with van der Waals surface area (Å²) in [7, 11) is 0. The quantitative estimate of drug-likeness (QED) is 0.745. The molecule has 0 bridgehead atoms. The van der Waals surface area contributed by atoms with Crippen molar-refractivity contribution in [3.8, 4) is 0 Å². The van der Waals surface area contributed by atoms with Crippen LogP contribution in [0.25, 0.3) is 0 Å². The predicted molar refractivity (Wildman–Crippen MR) is 91.5 cm³/mol. The largest absolute Gasteiger partial charge is 0.313 e. The van der Waals surface area contributed by atoms with E-state index in [1.54, 1.807) is 18.6 Å². The molecule has 4 heteroatoms. The lowest BCUT2D eigenvalue weighted by molar-refractivity contribution is 0.584. The lowest BCUT2D eigenvalue weighted by Crippen LogP contribution is -2.33. The molecule has 112 valence electrons. The Labute approximate surface area is 135 Å². The second-order valence-electron chi connectivity index (χ2n) is 5.53.